The van der Waals surface area contributed by atoms with Crippen LogP contribution < -0.4 is 20.9 Å². The summed E-state index contributed by atoms with van der Waals surface area (Å²) in [6, 6.07) is 7.95. The fraction of sp³-hybridized carbons (Fsp3) is 0.318. The van der Waals surface area contributed by atoms with Crippen molar-refractivity contribution in [1.82, 2.24) is 9.78 Å². The van der Waals surface area contributed by atoms with Crippen LogP contribution in [0.4, 0.5) is 11.4 Å². The molecule has 2 aromatic heterocycles. The Morgan fingerprint density at radius 1 is 1.33 bits per heavy atom. The van der Waals surface area contributed by atoms with Crippen molar-refractivity contribution in [2.75, 3.05) is 23.4 Å². The van der Waals surface area contributed by atoms with Crippen LogP contribution in [0.2, 0.25) is 0 Å². The number of nitrogens with zero attached hydrogens (tertiary/aromatic N) is 3. The van der Waals surface area contributed by atoms with Gasteiger partial charge in [-0.05, 0) is 42.0 Å². The second-order valence-corrected chi connectivity index (χ2v) is 13.5. The lowest BCUT2D eigenvalue weighted by Crippen LogP contribution is -2.35. The van der Waals surface area contributed by atoms with Crippen LogP contribution in [0.15, 0.2) is 45.3 Å². The van der Waals surface area contributed by atoms with Gasteiger partial charge in [0.05, 0.1) is 22.1 Å². The lowest BCUT2D eigenvalue weighted by Gasteiger charge is -2.25. The van der Waals surface area contributed by atoms with Gasteiger partial charge in [0.25, 0.3) is 5.56 Å². The Morgan fingerprint density at radius 3 is 2.75 bits per heavy atom. The van der Waals surface area contributed by atoms with Gasteiger partial charge in [-0.3, -0.25) is 14.1 Å². The average Bonchev–Trinajstić information content (AvgIpc) is 3.49. The number of nitrogens with one attached hydrogen (secondary N) is 2. The normalized spacial score (nSPS) is 19.3. The van der Waals surface area contributed by atoms with Crippen molar-refractivity contribution < 1.29 is 22.6 Å². The van der Waals surface area contributed by atoms with E-state index in [-0.39, 0.29) is 33.8 Å². The maximum absolute atomic E-state index is 13.7. The highest BCUT2D eigenvalue weighted by Crippen LogP contribution is 2.52. The molecule has 36 heavy (non-hydrogen) atoms. The van der Waals surface area contributed by atoms with E-state index in [1.807, 2.05) is 11.4 Å². The Hall–Kier alpha value is -2.99. The standard InChI is InChI=1S/C22H24N5O6PS2/c1-33-34(30)16-12-14(26-36(2,31)32)7-8-15(16)23-21(25-34)18-20(28)19(17-4-3-11-35-17)24-27(22(18)29)10-9-13-5-6-13/h3-4,7-8,11-13,26,28H,5-6,9-10H2,1-2H3,(H,23,25,30). The average molecular weight is 550 g/mol. The Kier molecular flexibility index (Phi) is 6.27. The number of hydrogen-bond acceptors (Lipinski definition) is 9. The first kappa shape index (κ1) is 24.7. The highest BCUT2D eigenvalue weighted by molar-refractivity contribution is 7.92. The summed E-state index contributed by atoms with van der Waals surface area (Å²) in [6.45, 7) is 0.376. The van der Waals surface area contributed by atoms with Crippen molar-refractivity contribution >= 4 is 51.4 Å². The predicted octanol–water partition coefficient (Wildman–Crippen LogP) is 3.19. The third-order valence-electron chi connectivity index (χ3n) is 5.91. The van der Waals surface area contributed by atoms with E-state index in [4.69, 9.17) is 4.52 Å². The van der Waals surface area contributed by atoms with E-state index < -0.39 is 23.1 Å². The van der Waals surface area contributed by atoms with Crippen LogP contribution >= 0.6 is 18.9 Å². The van der Waals surface area contributed by atoms with Crippen LogP contribution in [0.3, 0.4) is 0 Å². The summed E-state index contributed by atoms with van der Waals surface area (Å²) >= 11 is 1.36. The number of anilines is 2. The highest BCUT2D eigenvalue weighted by atomic mass is 32.2. The largest absolute Gasteiger partial charge is 0.505 e. The molecule has 1 aromatic carbocycles. The van der Waals surface area contributed by atoms with Gasteiger partial charge in [-0.25, -0.2) is 13.1 Å². The molecule has 3 heterocycles. The maximum atomic E-state index is 13.7. The first-order valence-corrected chi connectivity index (χ1v) is 15.5. The molecule has 2 aliphatic rings. The number of aryl methyl sites for hydroxylation is 1. The fourth-order valence-electron chi connectivity index (χ4n) is 3.96. The van der Waals surface area contributed by atoms with Crippen molar-refractivity contribution in [2.24, 2.45) is 10.7 Å². The molecule has 0 saturated heterocycles. The van der Waals surface area contributed by atoms with E-state index in [9.17, 15) is 22.9 Å². The molecule has 11 nitrogen and oxygen atoms in total. The molecule has 1 unspecified atom stereocenters. The number of hydrogen-bond donors (Lipinski definition) is 3. The minimum atomic E-state index is -3.94. The van der Waals surface area contributed by atoms with Crippen LogP contribution in [-0.4, -0.2) is 42.5 Å². The van der Waals surface area contributed by atoms with E-state index in [1.165, 1.54) is 41.3 Å². The van der Waals surface area contributed by atoms with Crippen molar-refractivity contribution in [3.05, 3.63) is 51.6 Å². The number of aromatic hydroxyl groups is 1. The molecule has 3 aromatic rings. The van der Waals surface area contributed by atoms with Gasteiger partial charge in [0.2, 0.25) is 10.0 Å². The van der Waals surface area contributed by atoms with Crippen LogP contribution in [0, 0.1) is 5.92 Å². The number of sulfonamides is 1. The third kappa shape index (κ3) is 4.83. The topological polar surface area (TPSA) is 152 Å². The lowest BCUT2D eigenvalue weighted by molar-refractivity contribution is 0.404. The molecule has 1 fully saturated rings. The van der Waals surface area contributed by atoms with Crippen molar-refractivity contribution in [2.45, 2.75) is 25.8 Å². The molecule has 1 aliphatic heterocycles. The zero-order chi connectivity index (χ0) is 25.7. The lowest BCUT2D eigenvalue weighted by atomic mass is 10.1. The van der Waals surface area contributed by atoms with Gasteiger partial charge in [0.15, 0.2) is 11.6 Å². The molecule has 3 N–H and O–H groups in total. The maximum Gasteiger partial charge on any atom is 0.348 e. The SMILES string of the molecule is COP1(=O)N=C(c2c(O)c(-c3cccs3)nn(CCC3CC3)c2=O)Nc2ccc(NS(C)(=O)=O)cc21. The first-order chi connectivity index (χ1) is 17.1. The van der Waals surface area contributed by atoms with Crippen molar-refractivity contribution in [3.8, 4) is 16.3 Å². The van der Waals surface area contributed by atoms with Crippen LogP contribution in [0.1, 0.15) is 24.8 Å². The zero-order valence-corrected chi connectivity index (χ0v) is 22.0. The molecule has 0 bridgehead atoms. The summed E-state index contributed by atoms with van der Waals surface area (Å²) in [5.41, 5.74) is -0.0116. The Labute approximate surface area is 211 Å². The number of rotatable bonds is 8. The van der Waals surface area contributed by atoms with E-state index >= 15 is 0 Å². The van der Waals surface area contributed by atoms with Gasteiger partial charge in [-0.2, -0.15) is 9.86 Å². The van der Waals surface area contributed by atoms with E-state index in [1.54, 1.807) is 6.07 Å². The molecule has 1 saturated carbocycles. The summed E-state index contributed by atoms with van der Waals surface area (Å²) in [5, 5.41) is 20.5. The van der Waals surface area contributed by atoms with Gasteiger partial charge >= 0.3 is 7.52 Å². The summed E-state index contributed by atoms with van der Waals surface area (Å²) < 4.78 is 50.2. The van der Waals surface area contributed by atoms with Gasteiger partial charge in [0.1, 0.15) is 11.3 Å². The van der Waals surface area contributed by atoms with Crippen molar-refractivity contribution in [1.29, 1.82) is 0 Å². The number of thiophene rings is 1. The smallest absolute Gasteiger partial charge is 0.348 e. The molecule has 0 amide bonds. The Balaban J connectivity index is 1.64. The highest BCUT2D eigenvalue weighted by Gasteiger charge is 2.36. The molecule has 1 atom stereocenters. The number of amidine groups is 1. The molecule has 0 spiro atoms. The number of aromatic nitrogens is 2. The monoisotopic (exact) mass is 549 g/mol. The zero-order valence-electron chi connectivity index (χ0n) is 19.5. The van der Waals surface area contributed by atoms with Gasteiger partial charge in [-0.15, -0.1) is 11.3 Å². The van der Waals surface area contributed by atoms with Crippen LogP contribution in [-0.2, 0) is 25.7 Å². The molecular formula is C22H24N5O6PS2. The second-order valence-electron chi connectivity index (χ2n) is 8.69. The van der Waals surface area contributed by atoms with Crippen LogP contribution in [0.5, 0.6) is 5.75 Å². The molecule has 0 radical (unpaired) electrons. The first-order valence-electron chi connectivity index (χ1n) is 11.1. The van der Waals surface area contributed by atoms with E-state index in [2.05, 4.69) is 19.9 Å². The minimum absolute atomic E-state index is 0.112. The molecular weight excluding hydrogens is 525 g/mol. The van der Waals surface area contributed by atoms with Gasteiger partial charge in [-0.1, -0.05) is 18.9 Å². The number of benzene rings is 1. The van der Waals surface area contributed by atoms with Crippen molar-refractivity contribution in [3.63, 3.8) is 0 Å². The minimum Gasteiger partial charge on any atom is -0.505 e. The second kappa shape index (κ2) is 9.15. The quantitative estimate of drug-likeness (QED) is 0.362. The van der Waals surface area contributed by atoms with Gasteiger partial charge < -0.3 is 14.9 Å². The summed E-state index contributed by atoms with van der Waals surface area (Å²) in [6.07, 6.45) is 4.03. The Morgan fingerprint density at radius 2 is 2.11 bits per heavy atom. The molecule has 5 rings (SSSR count). The molecule has 14 heteroatoms. The third-order valence-corrected chi connectivity index (χ3v) is 9.33. The summed E-state index contributed by atoms with van der Waals surface area (Å²) in [7, 11) is -6.29. The molecule has 1 aliphatic carbocycles. The van der Waals surface area contributed by atoms with E-state index in [0.29, 0.717) is 23.0 Å². The molecule has 190 valence electrons. The van der Waals surface area contributed by atoms with E-state index in [0.717, 1.165) is 25.5 Å². The summed E-state index contributed by atoms with van der Waals surface area (Å²) in [5.74, 6) is 0.0684. The van der Waals surface area contributed by atoms with Gasteiger partial charge in [0, 0.05) is 19.3 Å². The number of fused-ring (bicyclic) bond motifs is 1. The van der Waals surface area contributed by atoms with Crippen LogP contribution in [0.25, 0.3) is 10.6 Å². The predicted molar refractivity (Wildman–Crippen MR) is 140 cm³/mol. The Bertz CT molecular complexity index is 1580. The fourth-order valence-corrected chi connectivity index (χ4v) is 6.76. The summed E-state index contributed by atoms with van der Waals surface area (Å²) in [4.78, 5) is 14.1.